The van der Waals surface area contributed by atoms with Crippen molar-refractivity contribution in [1.82, 2.24) is 9.88 Å². The Morgan fingerprint density at radius 3 is 2.73 bits per heavy atom. The van der Waals surface area contributed by atoms with Gasteiger partial charge in [0, 0.05) is 25.0 Å². The number of nitrogens with one attached hydrogen (secondary N) is 1. The van der Waals surface area contributed by atoms with Crippen LogP contribution in [0.15, 0.2) is 18.5 Å². The lowest BCUT2D eigenvalue weighted by Crippen LogP contribution is -2.12. The highest BCUT2D eigenvalue weighted by Gasteiger charge is 2.03. The monoisotopic (exact) mass is 210 g/mol. The molecule has 1 rings (SSSR count). The average molecular weight is 210 g/mol. The number of nitrogens with zero attached hydrogens (tertiary/aromatic N) is 1. The maximum absolute atomic E-state index is 5.51. The first-order valence-corrected chi connectivity index (χ1v) is 5.58. The summed E-state index contributed by atoms with van der Waals surface area (Å²) in [6, 6.07) is 2.56. The molecule has 1 atom stereocenters. The van der Waals surface area contributed by atoms with Gasteiger partial charge in [0.2, 0.25) is 0 Å². The topological polar surface area (TPSA) is 26.2 Å². The van der Waals surface area contributed by atoms with Crippen LogP contribution in [0.4, 0.5) is 0 Å². The lowest BCUT2D eigenvalue weighted by Gasteiger charge is -2.09. The fourth-order valence-corrected chi connectivity index (χ4v) is 1.42. The van der Waals surface area contributed by atoms with Gasteiger partial charge in [-0.1, -0.05) is 0 Å². The Morgan fingerprint density at radius 2 is 2.13 bits per heavy atom. The van der Waals surface area contributed by atoms with E-state index in [1.54, 1.807) is 0 Å². The average Bonchev–Trinajstić information content (AvgIpc) is 2.65. The van der Waals surface area contributed by atoms with Gasteiger partial charge in [0.25, 0.3) is 0 Å². The maximum Gasteiger partial charge on any atom is 0.0648 e. The van der Waals surface area contributed by atoms with Crippen molar-refractivity contribution in [2.75, 3.05) is 13.7 Å². The fourth-order valence-electron chi connectivity index (χ4n) is 1.42. The number of rotatable bonds is 6. The molecular weight excluding hydrogens is 188 g/mol. The maximum atomic E-state index is 5.51. The Labute approximate surface area is 92.4 Å². The van der Waals surface area contributed by atoms with Gasteiger partial charge in [-0.3, -0.25) is 0 Å². The van der Waals surface area contributed by atoms with Crippen molar-refractivity contribution in [2.45, 2.75) is 39.5 Å². The fraction of sp³-hybridized carbons (Fsp3) is 0.667. The molecule has 0 fully saturated rings. The smallest absolute Gasteiger partial charge is 0.0648 e. The molecule has 15 heavy (non-hydrogen) atoms. The summed E-state index contributed by atoms with van der Waals surface area (Å²) in [6.45, 7) is 7.98. The van der Waals surface area contributed by atoms with Gasteiger partial charge < -0.3 is 14.6 Å². The summed E-state index contributed by atoms with van der Waals surface area (Å²) < 4.78 is 7.68. The molecule has 1 N–H and O–H groups in total. The molecule has 3 heteroatoms. The zero-order valence-corrected chi connectivity index (χ0v) is 10.2. The minimum Gasteiger partial charge on any atom is -0.377 e. The van der Waals surface area contributed by atoms with Crippen molar-refractivity contribution in [3.05, 3.63) is 24.0 Å². The van der Waals surface area contributed by atoms with Crippen LogP contribution in [0.1, 0.15) is 32.4 Å². The second-order valence-corrected chi connectivity index (χ2v) is 4.11. The van der Waals surface area contributed by atoms with Crippen molar-refractivity contribution < 1.29 is 4.74 Å². The van der Waals surface area contributed by atoms with Gasteiger partial charge in [-0.05, 0) is 39.4 Å². The molecule has 1 aromatic rings. The minimum atomic E-state index is 0.316. The van der Waals surface area contributed by atoms with Crippen LogP contribution in [0.2, 0.25) is 0 Å². The standard InChI is InChI=1S/C12H22N2O/c1-10(2)15-8-7-14-6-5-12(9-14)11(3)13-4/h5-6,9-11,13H,7-8H2,1-4H3. The number of ether oxygens (including phenoxy) is 1. The van der Waals surface area contributed by atoms with E-state index in [-0.39, 0.29) is 0 Å². The van der Waals surface area contributed by atoms with E-state index in [4.69, 9.17) is 4.74 Å². The summed E-state index contributed by atoms with van der Waals surface area (Å²) in [5.41, 5.74) is 1.32. The molecule has 0 aromatic carbocycles. The van der Waals surface area contributed by atoms with Gasteiger partial charge in [-0.15, -0.1) is 0 Å². The summed E-state index contributed by atoms with van der Waals surface area (Å²) in [5.74, 6) is 0. The normalized spacial score (nSPS) is 13.4. The molecule has 0 saturated carbocycles. The summed E-state index contributed by atoms with van der Waals surface area (Å²) in [4.78, 5) is 0. The molecule has 1 aromatic heterocycles. The third-order valence-corrected chi connectivity index (χ3v) is 2.51. The zero-order chi connectivity index (χ0) is 11.3. The quantitative estimate of drug-likeness (QED) is 0.779. The number of hydrogen-bond donors (Lipinski definition) is 1. The molecule has 0 radical (unpaired) electrons. The number of hydrogen-bond acceptors (Lipinski definition) is 2. The van der Waals surface area contributed by atoms with E-state index in [0.717, 1.165) is 13.2 Å². The molecule has 0 aliphatic rings. The molecule has 1 heterocycles. The van der Waals surface area contributed by atoms with Crippen LogP contribution in [-0.4, -0.2) is 24.3 Å². The Bertz CT molecular complexity index is 281. The van der Waals surface area contributed by atoms with Crippen LogP contribution in [0.25, 0.3) is 0 Å². The molecule has 0 spiro atoms. The first kappa shape index (κ1) is 12.3. The van der Waals surface area contributed by atoms with Crippen LogP contribution in [-0.2, 0) is 11.3 Å². The first-order valence-electron chi connectivity index (χ1n) is 5.58. The van der Waals surface area contributed by atoms with Crippen LogP contribution in [0.5, 0.6) is 0 Å². The molecule has 0 bridgehead atoms. The van der Waals surface area contributed by atoms with Gasteiger partial charge in [0.05, 0.1) is 12.7 Å². The van der Waals surface area contributed by atoms with Gasteiger partial charge in [-0.25, -0.2) is 0 Å². The van der Waals surface area contributed by atoms with E-state index < -0.39 is 0 Å². The Balaban J connectivity index is 2.39. The Morgan fingerprint density at radius 1 is 1.40 bits per heavy atom. The van der Waals surface area contributed by atoms with Gasteiger partial charge >= 0.3 is 0 Å². The summed E-state index contributed by atoms with van der Waals surface area (Å²) in [7, 11) is 1.98. The SMILES string of the molecule is CNC(C)c1ccn(CCOC(C)C)c1. The highest BCUT2D eigenvalue weighted by molar-refractivity contribution is 5.14. The second-order valence-electron chi connectivity index (χ2n) is 4.11. The predicted octanol–water partition coefficient (Wildman–Crippen LogP) is 2.19. The Hall–Kier alpha value is -0.800. The third-order valence-electron chi connectivity index (χ3n) is 2.51. The van der Waals surface area contributed by atoms with Crippen LogP contribution >= 0.6 is 0 Å². The molecule has 0 amide bonds. The first-order chi connectivity index (χ1) is 7.13. The third kappa shape index (κ3) is 4.06. The van der Waals surface area contributed by atoms with Crippen molar-refractivity contribution in [3.8, 4) is 0 Å². The summed E-state index contributed by atoms with van der Waals surface area (Å²) >= 11 is 0. The van der Waals surface area contributed by atoms with E-state index in [9.17, 15) is 0 Å². The largest absolute Gasteiger partial charge is 0.377 e. The van der Waals surface area contributed by atoms with Crippen LogP contribution in [0, 0.1) is 0 Å². The van der Waals surface area contributed by atoms with E-state index in [1.807, 2.05) is 7.05 Å². The van der Waals surface area contributed by atoms with Crippen molar-refractivity contribution in [3.63, 3.8) is 0 Å². The predicted molar refractivity (Wildman–Crippen MR) is 63.0 cm³/mol. The van der Waals surface area contributed by atoms with E-state index in [1.165, 1.54) is 5.56 Å². The van der Waals surface area contributed by atoms with Gasteiger partial charge in [0.15, 0.2) is 0 Å². The molecule has 0 aliphatic carbocycles. The highest BCUT2D eigenvalue weighted by atomic mass is 16.5. The number of aromatic nitrogens is 1. The zero-order valence-electron chi connectivity index (χ0n) is 10.2. The summed E-state index contributed by atoms with van der Waals surface area (Å²) in [5, 5.41) is 3.22. The molecule has 86 valence electrons. The van der Waals surface area contributed by atoms with Crippen molar-refractivity contribution in [2.24, 2.45) is 0 Å². The van der Waals surface area contributed by atoms with Gasteiger partial charge in [-0.2, -0.15) is 0 Å². The van der Waals surface area contributed by atoms with E-state index in [0.29, 0.717) is 12.1 Å². The minimum absolute atomic E-state index is 0.316. The lowest BCUT2D eigenvalue weighted by molar-refractivity contribution is 0.0728. The Kier molecular flexibility index (Phi) is 4.85. The van der Waals surface area contributed by atoms with Crippen LogP contribution < -0.4 is 5.32 Å². The molecular formula is C12H22N2O. The molecule has 3 nitrogen and oxygen atoms in total. The molecule has 0 saturated heterocycles. The lowest BCUT2D eigenvalue weighted by atomic mass is 10.2. The highest BCUT2D eigenvalue weighted by Crippen LogP contribution is 2.11. The van der Waals surface area contributed by atoms with Gasteiger partial charge in [0.1, 0.15) is 0 Å². The summed E-state index contributed by atoms with van der Waals surface area (Å²) in [6.07, 6.45) is 4.59. The van der Waals surface area contributed by atoms with E-state index in [2.05, 4.69) is 49.1 Å². The van der Waals surface area contributed by atoms with Crippen molar-refractivity contribution >= 4 is 0 Å². The van der Waals surface area contributed by atoms with Crippen molar-refractivity contribution in [1.29, 1.82) is 0 Å². The molecule has 1 unspecified atom stereocenters. The second kappa shape index (κ2) is 5.93. The van der Waals surface area contributed by atoms with E-state index >= 15 is 0 Å². The van der Waals surface area contributed by atoms with Crippen LogP contribution in [0.3, 0.4) is 0 Å². The molecule has 0 aliphatic heterocycles.